The number of fused-ring (bicyclic) bond motifs is 2. The fourth-order valence-electron chi connectivity index (χ4n) is 8.09. The maximum absolute atomic E-state index is 12.8. The van der Waals surface area contributed by atoms with Crippen LogP contribution >= 0.6 is 0 Å². The van der Waals surface area contributed by atoms with Gasteiger partial charge in [0.15, 0.2) is 23.2 Å². The van der Waals surface area contributed by atoms with Crippen molar-refractivity contribution < 1.29 is 28.8 Å². The van der Waals surface area contributed by atoms with Crippen molar-refractivity contribution in [1.29, 1.82) is 0 Å². The summed E-state index contributed by atoms with van der Waals surface area (Å²) in [6, 6.07) is 3.76. The molecule has 0 aliphatic carbocycles. The number of nitrogens with zero attached hydrogens (tertiary/aromatic N) is 7. The number of methoxy groups -OCH3 is 1. The van der Waals surface area contributed by atoms with E-state index < -0.39 is 17.9 Å². The lowest BCUT2D eigenvalue weighted by Crippen LogP contribution is -2.55. The van der Waals surface area contributed by atoms with Gasteiger partial charge in [-0.05, 0) is 78.4 Å². The number of anilines is 3. The minimum Gasteiger partial charge on any atom is -0.444 e. The fourth-order valence-corrected chi connectivity index (χ4v) is 8.09. The first kappa shape index (κ1) is 36.7. The number of aliphatic hydroxyl groups excluding tert-OH is 1. The van der Waals surface area contributed by atoms with E-state index in [9.17, 15) is 9.90 Å². The highest BCUT2D eigenvalue weighted by Gasteiger charge is 2.50. The quantitative estimate of drug-likeness (QED) is 0.206. The topological polar surface area (TPSA) is 161 Å². The summed E-state index contributed by atoms with van der Waals surface area (Å²) in [5.41, 5.74) is 3.12. The van der Waals surface area contributed by atoms with Crippen LogP contribution in [-0.2, 0) is 18.9 Å². The second-order valence-electron chi connectivity index (χ2n) is 15.8. The summed E-state index contributed by atoms with van der Waals surface area (Å²) in [6.07, 6.45) is 5.71. The number of alkyl carbamates (subject to hydrolysis) is 1. The zero-order chi connectivity index (χ0) is 36.6. The summed E-state index contributed by atoms with van der Waals surface area (Å²) in [6.45, 7) is 14.4. The lowest BCUT2D eigenvalue weighted by Gasteiger charge is -2.42. The van der Waals surface area contributed by atoms with Crippen molar-refractivity contribution in [3.63, 3.8) is 0 Å². The third kappa shape index (κ3) is 7.43. The van der Waals surface area contributed by atoms with Gasteiger partial charge in [0.05, 0.1) is 48.6 Å². The van der Waals surface area contributed by atoms with Crippen LogP contribution in [0.2, 0.25) is 0 Å². The third-order valence-electron chi connectivity index (χ3n) is 11.0. The highest BCUT2D eigenvalue weighted by Crippen LogP contribution is 2.44. The molecule has 3 aromatic rings. The monoisotopic (exact) mass is 721 g/mol. The molecule has 1 spiro atoms. The molecular formula is C37H55N9O6. The summed E-state index contributed by atoms with van der Waals surface area (Å²) in [5.74, 6) is 1.73. The van der Waals surface area contributed by atoms with Crippen molar-refractivity contribution in [3.05, 3.63) is 29.7 Å². The second-order valence-corrected chi connectivity index (χ2v) is 15.8. The van der Waals surface area contributed by atoms with Crippen LogP contribution in [0.25, 0.3) is 11.2 Å². The molecule has 0 bridgehead atoms. The third-order valence-corrected chi connectivity index (χ3v) is 11.0. The number of piperidine rings is 1. The predicted molar refractivity (Wildman–Crippen MR) is 196 cm³/mol. The molecular weight excluding hydrogens is 666 g/mol. The standard InChI is InChI=1S/C37H55N9O6/c1-23-12-16-45(26-11-10-25(40-29(23)26)34(47)38-15-20-49-6)33-30-32(46(43-33)28-9-7-8-19-50-28)41-27(21-39-30)44-17-13-37(14-18-44)22-51-24(2)31(37)42-35(48)52-36(3,4)5/h10-11,21,23-24,28,31,34,38,47H,7-9,12-20,22H2,1-6H3,(H,42,48)/t23-,24-,28?,31+,34?/m0/s1. The summed E-state index contributed by atoms with van der Waals surface area (Å²) < 4.78 is 25.0. The number of amides is 1. The van der Waals surface area contributed by atoms with Crippen LogP contribution in [0.4, 0.5) is 22.1 Å². The Balaban J connectivity index is 1.15. The molecule has 0 aromatic carbocycles. The van der Waals surface area contributed by atoms with E-state index in [1.165, 1.54) is 0 Å². The SMILES string of the molecule is COCCNC(O)c1ccc2c(n1)[C@@H](C)CCN2c1nn(C2CCCCO2)c2nc(N3CCC4(CC3)CO[C@@H](C)[C@H]4NC(=O)OC(C)(C)C)cnc12. The molecule has 0 radical (unpaired) electrons. The molecule has 3 fully saturated rings. The van der Waals surface area contributed by atoms with Crippen molar-refractivity contribution in [2.45, 2.75) is 109 Å². The van der Waals surface area contributed by atoms with Crippen molar-refractivity contribution >= 4 is 34.6 Å². The van der Waals surface area contributed by atoms with Gasteiger partial charge in [0.1, 0.15) is 17.6 Å². The number of carbonyl (C=O) groups is 1. The van der Waals surface area contributed by atoms with Crippen molar-refractivity contribution in [1.82, 2.24) is 35.4 Å². The Kier molecular flexibility index (Phi) is 10.6. The van der Waals surface area contributed by atoms with Gasteiger partial charge in [-0.3, -0.25) is 10.3 Å². The van der Waals surface area contributed by atoms with E-state index in [2.05, 4.69) is 27.4 Å². The Morgan fingerprint density at radius 3 is 2.65 bits per heavy atom. The van der Waals surface area contributed by atoms with Crippen LogP contribution in [0.1, 0.15) is 103 Å². The smallest absolute Gasteiger partial charge is 0.407 e. The van der Waals surface area contributed by atoms with E-state index in [-0.39, 0.29) is 29.7 Å². The van der Waals surface area contributed by atoms with Gasteiger partial charge in [-0.1, -0.05) is 6.92 Å². The van der Waals surface area contributed by atoms with Gasteiger partial charge in [-0.25, -0.2) is 19.4 Å². The van der Waals surface area contributed by atoms with E-state index in [0.717, 1.165) is 86.7 Å². The van der Waals surface area contributed by atoms with Crippen LogP contribution < -0.4 is 20.4 Å². The number of nitrogens with one attached hydrogen (secondary N) is 2. The number of carbonyl (C=O) groups excluding carboxylic acids is 1. The minimum atomic E-state index is -0.891. The molecule has 15 heteroatoms. The van der Waals surface area contributed by atoms with Crippen molar-refractivity contribution in [3.8, 4) is 0 Å². The Bertz CT molecular complexity index is 1720. The molecule has 7 heterocycles. The number of hydrogen-bond acceptors (Lipinski definition) is 13. The molecule has 0 saturated carbocycles. The summed E-state index contributed by atoms with van der Waals surface area (Å²) in [4.78, 5) is 32.5. The first-order chi connectivity index (χ1) is 25.0. The highest BCUT2D eigenvalue weighted by molar-refractivity contribution is 5.88. The van der Waals surface area contributed by atoms with Gasteiger partial charge in [0, 0.05) is 51.2 Å². The van der Waals surface area contributed by atoms with Gasteiger partial charge in [0.25, 0.3) is 0 Å². The number of aromatic nitrogens is 5. The number of hydrogen-bond donors (Lipinski definition) is 3. The lowest BCUT2D eigenvalue weighted by atomic mass is 9.73. The Labute approximate surface area is 305 Å². The lowest BCUT2D eigenvalue weighted by molar-refractivity contribution is -0.0368. The normalized spacial score (nSPS) is 25.4. The Morgan fingerprint density at radius 1 is 1.12 bits per heavy atom. The first-order valence-corrected chi connectivity index (χ1v) is 18.9. The zero-order valence-corrected chi connectivity index (χ0v) is 31.4. The minimum absolute atomic E-state index is 0.106. The molecule has 2 unspecified atom stereocenters. The average molecular weight is 722 g/mol. The molecule has 3 aromatic heterocycles. The van der Waals surface area contributed by atoms with Crippen LogP contribution in [0.3, 0.4) is 0 Å². The van der Waals surface area contributed by atoms with Crippen LogP contribution in [-0.4, -0.2) is 107 Å². The fraction of sp³-hybridized carbons (Fsp3) is 0.703. The van der Waals surface area contributed by atoms with E-state index in [4.69, 9.17) is 39.0 Å². The number of rotatable bonds is 9. The van der Waals surface area contributed by atoms with Gasteiger partial charge in [-0.15, -0.1) is 5.10 Å². The molecule has 284 valence electrons. The Morgan fingerprint density at radius 2 is 1.92 bits per heavy atom. The number of pyridine rings is 1. The van der Waals surface area contributed by atoms with Crippen LogP contribution in [0.15, 0.2) is 18.3 Å². The average Bonchev–Trinajstić information content (AvgIpc) is 3.65. The summed E-state index contributed by atoms with van der Waals surface area (Å²) in [5, 5.41) is 22.2. The van der Waals surface area contributed by atoms with E-state index >= 15 is 0 Å². The molecule has 1 amide bonds. The van der Waals surface area contributed by atoms with Crippen molar-refractivity contribution in [2.24, 2.45) is 5.41 Å². The van der Waals surface area contributed by atoms with Crippen LogP contribution in [0, 0.1) is 5.41 Å². The molecule has 4 aliphatic heterocycles. The maximum Gasteiger partial charge on any atom is 0.407 e. The van der Waals surface area contributed by atoms with Crippen LogP contribution in [0.5, 0.6) is 0 Å². The largest absolute Gasteiger partial charge is 0.444 e. The second kappa shape index (κ2) is 15.0. The van der Waals surface area contributed by atoms with Gasteiger partial charge < -0.3 is 39.2 Å². The Hall–Kier alpha value is -3.63. The molecule has 3 saturated heterocycles. The summed E-state index contributed by atoms with van der Waals surface area (Å²) >= 11 is 0. The highest BCUT2D eigenvalue weighted by atomic mass is 16.6. The molecule has 15 nitrogen and oxygen atoms in total. The molecule has 5 atom stereocenters. The first-order valence-electron chi connectivity index (χ1n) is 18.9. The van der Waals surface area contributed by atoms with Gasteiger partial charge >= 0.3 is 6.09 Å². The molecule has 4 aliphatic rings. The van der Waals surface area contributed by atoms with Gasteiger partial charge in [0.2, 0.25) is 0 Å². The van der Waals surface area contributed by atoms with Crippen molar-refractivity contribution in [2.75, 3.05) is 62.9 Å². The molecule has 7 rings (SSSR count). The van der Waals surface area contributed by atoms with E-state index in [0.29, 0.717) is 37.7 Å². The zero-order valence-electron chi connectivity index (χ0n) is 31.4. The van der Waals surface area contributed by atoms with E-state index in [1.54, 1.807) is 7.11 Å². The molecule has 52 heavy (non-hydrogen) atoms. The summed E-state index contributed by atoms with van der Waals surface area (Å²) in [7, 11) is 1.64. The van der Waals surface area contributed by atoms with Gasteiger partial charge in [-0.2, -0.15) is 0 Å². The number of aliphatic hydroxyl groups is 1. The maximum atomic E-state index is 12.8. The molecule has 3 N–H and O–H groups in total. The number of ether oxygens (including phenoxy) is 4. The van der Waals surface area contributed by atoms with E-state index in [1.807, 2.05) is 50.7 Å². The predicted octanol–water partition coefficient (Wildman–Crippen LogP) is 4.69.